The molecule has 5 nitrogen and oxygen atoms in total. The van der Waals surface area contributed by atoms with E-state index in [2.05, 4.69) is 16.7 Å². The van der Waals surface area contributed by atoms with Gasteiger partial charge in [-0.1, -0.05) is 17.7 Å². The number of nitrogens with zero attached hydrogens (tertiary/aromatic N) is 1. The van der Waals surface area contributed by atoms with E-state index in [1.54, 1.807) is 24.3 Å². The topological polar surface area (TPSA) is 61.4 Å². The molecule has 27 heavy (non-hydrogen) atoms. The minimum absolute atomic E-state index is 0.0732. The number of hydrogen-bond acceptors (Lipinski definition) is 3. The molecule has 0 saturated carbocycles. The Bertz CT molecular complexity index is 809. The highest BCUT2D eigenvalue weighted by Gasteiger charge is 2.17. The Morgan fingerprint density at radius 3 is 2.33 bits per heavy atom. The van der Waals surface area contributed by atoms with E-state index >= 15 is 0 Å². The Hall–Kier alpha value is -2.82. The van der Waals surface area contributed by atoms with Gasteiger partial charge in [0.25, 0.3) is 5.91 Å². The van der Waals surface area contributed by atoms with Gasteiger partial charge in [0.15, 0.2) is 0 Å². The summed E-state index contributed by atoms with van der Waals surface area (Å²) >= 11 is 0. The van der Waals surface area contributed by atoms with Crippen LogP contribution in [0.3, 0.4) is 0 Å². The molecular formula is C22H27N3O2. The Morgan fingerprint density at radius 2 is 1.67 bits per heavy atom. The lowest BCUT2D eigenvalue weighted by Gasteiger charge is -2.26. The van der Waals surface area contributed by atoms with Crippen molar-refractivity contribution in [1.82, 2.24) is 4.90 Å². The molecule has 0 radical (unpaired) electrons. The molecule has 1 heterocycles. The number of hydrogen-bond donors (Lipinski definition) is 2. The van der Waals surface area contributed by atoms with Crippen LogP contribution in [0.2, 0.25) is 0 Å². The molecule has 0 spiro atoms. The predicted molar refractivity (Wildman–Crippen MR) is 109 cm³/mol. The smallest absolute Gasteiger partial charge is 0.253 e. The SMILES string of the molecule is Cc1ccc(NCC(=O)Nc2ccc(C(=O)N3CCCCC3)cc2)c(C)c1. The van der Waals surface area contributed by atoms with Crippen molar-refractivity contribution >= 4 is 23.2 Å². The Labute approximate surface area is 160 Å². The Kier molecular flexibility index (Phi) is 6.12. The number of amides is 2. The van der Waals surface area contributed by atoms with Gasteiger partial charge in [0.2, 0.25) is 5.91 Å². The number of anilines is 2. The molecule has 0 aliphatic carbocycles. The summed E-state index contributed by atoms with van der Waals surface area (Å²) in [6.45, 7) is 5.93. The Balaban J connectivity index is 1.52. The van der Waals surface area contributed by atoms with Gasteiger partial charge < -0.3 is 15.5 Å². The lowest BCUT2D eigenvalue weighted by atomic mass is 10.1. The van der Waals surface area contributed by atoms with Crippen LogP contribution in [-0.2, 0) is 4.79 Å². The van der Waals surface area contributed by atoms with Crippen molar-refractivity contribution in [1.29, 1.82) is 0 Å². The summed E-state index contributed by atoms with van der Waals surface area (Å²) in [6, 6.07) is 13.2. The van der Waals surface area contributed by atoms with E-state index in [-0.39, 0.29) is 18.4 Å². The van der Waals surface area contributed by atoms with E-state index in [9.17, 15) is 9.59 Å². The van der Waals surface area contributed by atoms with Gasteiger partial charge >= 0.3 is 0 Å². The predicted octanol–water partition coefficient (Wildman–Crippen LogP) is 3.98. The molecular weight excluding hydrogens is 338 g/mol. The summed E-state index contributed by atoms with van der Waals surface area (Å²) in [7, 11) is 0. The maximum atomic E-state index is 12.5. The van der Waals surface area contributed by atoms with E-state index in [4.69, 9.17) is 0 Å². The number of aryl methyl sites for hydroxylation is 2. The van der Waals surface area contributed by atoms with Crippen molar-refractivity contribution in [3.05, 3.63) is 59.2 Å². The molecule has 0 atom stereocenters. The summed E-state index contributed by atoms with van der Waals surface area (Å²) in [6.07, 6.45) is 3.35. The maximum absolute atomic E-state index is 12.5. The first-order valence-corrected chi connectivity index (χ1v) is 9.53. The molecule has 2 aromatic rings. The molecule has 142 valence electrons. The van der Waals surface area contributed by atoms with E-state index in [0.717, 1.165) is 37.2 Å². The van der Waals surface area contributed by atoms with Gasteiger partial charge in [0.1, 0.15) is 0 Å². The monoisotopic (exact) mass is 365 g/mol. The van der Waals surface area contributed by atoms with E-state index in [0.29, 0.717) is 11.3 Å². The van der Waals surface area contributed by atoms with Crippen molar-refractivity contribution in [2.75, 3.05) is 30.3 Å². The second kappa shape index (κ2) is 8.71. The van der Waals surface area contributed by atoms with Crippen LogP contribution >= 0.6 is 0 Å². The van der Waals surface area contributed by atoms with Crippen molar-refractivity contribution < 1.29 is 9.59 Å². The first-order valence-electron chi connectivity index (χ1n) is 9.53. The van der Waals surface area contributed by atoms with Gasteiger partial charge in [0, 0.05) is 30.0 Å². The second-order valence-electron chi connectivity index (χ2n) is 7.15. The molecule has 1 fully saturated rings. The largest absolute Gasteiger partial charge is 0.376 e. The van der Waals surface area contributed by atoms with Gasteiger partial charge in [-0.3, -0.25) is 9.59 Å². The zero-order chi connectivity index (χ0) is 19.2. The number of piperidine rings is 1. The highest BCUT2D eigenvalue weighted by Crippen LogP contribution is 2.17. The third-order valence-electron chi connectivity index (χ3n) is 4.88. The number of rotatable bonds is 5. The average Bonchev–Trinajstić information content (AvgIpc) is 2.68. The standard InChI is InChI=1S/C22H27N3O2/c1-16-6-11-20(17(2)14-16)23-15-21(26)24-19-9-7-18(8-10-19)22(27)25-12-4-3-5-13-25/h6-11,14,23H,3-5,12-13,15H2,1-2H3,(H,24,26). The van der Waals surface area contributed by atoms with Gasteiger partial charge in [-0.05, 0) is 69.0 Å². The van der Waals surface area contributed by atoms with Crippen LogP contribution in [0.1, 0.15) is 40.7 Å². The third kappa shape index (κ3) is 5.09. The van der Waals surface area contributed by atoms with Crippen LogP contribution in [-0.4, -0.2) is 36.3 Å². The van der Waals surface area contributed by atoms with Gasteiger partial charge in [-0.25, -0.2) is 0 Å². The molecule has 0 aromatic heterocycles. The van der Waals surface area contributed by atoms with Gasteiger partial charge in [0.05, 0.1) is 6.54 Å². The summed E-state index contributed by atoms with van der Waals surface area (Å²) in [5.41, 5.74) is 4.63. The van der Waals surface area contributed by atoms with E-state index < -0.39 is 0 Å². The number of nitrogens with one attached hydrogen (secondary N) is 2. The van der Waals surface area contributed by atoms with E-state index in [1.165, 1.54) is 12.0 Å². The third-order valence-corrected chi connectivity index (χ3v) is 4.88. The summed E-state index contributed by atoms with van der Waals surface area (Å²) in [4.78, 5) is 26.6. The van der Waals surface area contributed by atoms with Gasteiger partial charge in [-0.15, -0.1) is 0 Å². The number of likely N-dealkylation sites (tertiary alicyclic amines) is 1. The molecule has 3 rings (SSSR count). The molecule has 1 saturated heterocycles. The van der Waals surface area contributed by atoms with Crippen molar-refractivity contribution in [2.24, 2.45) is 0 Å². The second-order valence-corrected chi connectivity index (χ2v) is 7.15. The van der Waals surface area contributed by atoms with Crippen molar-refractivity contribution in [3.63, 3.8) is 0 Å². The van der Waals surface area contributed by atoms with Crippen LogP contribution in [0.4, 0.5) is 11.4 Å². The first-order chi connectivity index (χ1) is 13.0. The van der Waals surface area contributed by atoms with Crippen molar-refractivity contribution in [3.8, 4) is 0 Å². The number of carbonyl (C=O) groups excluding carboxylic acids is 2. The zero-order valence-electron chi connectivity index (χ0n) is 16.0. The maximum Gasteiger partial charge on any atom is 0.253 e. The molecule has 0 unspecified atom stereocenters. The molecule has 0 bridgehead atoms. The van der Waals surface area contributed by atoms with Crippen LogP contribution in [0.25, 0.3) is 0 Å². The molecule has 1 aliphatic rings. The molecule has 5 heteroatoms. The minimum Gasteiger partial charge on any atom is -0.376 e. The lowest BCUT2D eigenvalue weighted by molar-refractivity contribution is -0.114. The lowest BCUT2D eigenvalue weighted by Crippen LogP contribution is -2.35. The van der Waals surface area contributed by atoms with E-state index in [1.807, 2.05) is 30.9 Å². The fourth-order valence-electron chi connectivity index (χ4n) is 3.37. The van der Waals surface area contributed by atoms with Crippen LogP contribution in [0, 0.1) is 13.8 Å². The fourth-order valence-corrected chi connectivity index (χ4v) is 3.37. The molecule has 1 aliphatic heterocycles. The quantitative estimate of drug-likeness (QED) is 0.842. The average molecular weight is 365 g/mol. The molecule has 2 aromatic carbocycles. The van der Waals surface area contributed by atoms with Crippen LogP contribution in [0.15, 0.2) is 42.5 Å². The fraction of sp³-hybridized carbons (Fsp3) is 0.364. The minimum atomic E-state index is -0.120. The summed E-state index contributed by atoms with van der Waals surface area (Å²) in [5.74, 6) is -0.0471. The van der Waals surface area contributed by atoms with Crippen molar-refractivity contribution in [2.45, 2.75) is 33.1 Å². The highest BCUT2D eigenvalue weighted by molar-refractivity contribution is 5.96. The molecule has 2 amide bonds. The van der Waals surface area contributed by atoms with Gasteiger partial charge in [-0.2, -0.15) is 0 Å². The molecule has 2 N–H and O–H groups in total. The normalized spacial score (nSPS) is 13.9. The van der Waals surface area contributed by atoms with Crippen LogP contribution in [0.5, 0.6) is 0 Å². The highest BCUT2D eigenvalue weighted by atomic mass is 16.2. The Morgan fingerprint density at radius 1 is 0.963 bits per heavy atom. The van der Waals surface area contributed by atoms with Crippen LogP contribution < -0.4 is 10.6 Å². The summed E-state index contributed by atoms with van der Waals surface area (Å²) in [5, 5.41) is 6.02. The summed E-state index contributed by atoms with van der Waals surface area (Å²) < 4.78 is 0. The zero-order valence-corrected chi connectivity index (χ0v) is 16.0. The first kappa shape index (κ1) is 19.0. The number of carbonyl (C=O) groups is 2. The number of benzene rings is 2.